The van der Waals surface area contributed by atoms with Crippen LogP contribution in [0, 0.1) is 12.8 Å². The van der Waals surface area contributed by atoms with E-state index in [-0.39, 0.29) is 33.0 Å². The summed E-state index contributed by atoms with van der Waals surface area (Å²) in [4.78, 5) is 12.8. The van der Waals surface area contributed by atoms with E-state index in [0.717, 1.165) is 16.6 Å². The molecule has 26 heavy (non-hydrogen) atoms. The Balaban J connectivity index is 0.00000338. The van der Waals surface area contributed by atoms with Crippen LogP contribution in [0.25, 0.3) is 0 Å². The van der Waals surface area contributed by atoms with Gasteiger partial charge >= 0.3 is 18.9 Å². The van der Waals surface area contributed by atoms with Crippen LogP contribution in [0.4, 0.5) is 0 Å². The molecule has 136 valence electrons. The first kappa shape index (κ1) is 22.6. The summed E-state index contributed by atoms with van der Waals surface area (Å²) in [7, 11) is 3.11. The van der Waals surface area contributed by atoms with Crippen LogP contribution in [-0.2, 0) is 0 Å². The SMILES string of the molecule is COc1cccc(OC)c1C(=O)Pc1ccc(OCC(C)C)cc1C.[LiH]. The summed E-state index contributed by atoms with van der Waals surface area (Å²) in [6.07, 6.45) is 0. The van der Waals surface area contributed by atoms with Crippen molar-refractivity contribution < 1.29 is 19.0 Å². The van der Waals surface area contributed by atoms with Crippen molar-refractivity contribution in [2.75, 3.05) is 20.8 Å². The van der Waals surface area contributed by atoms with Crippen molar-refractivity contribution >= 4 is 38.3 Å². The van der Waals surface area contributed by atoms with Crippen molar-refractivity contribution in [2.24, 2.45) is 5.92 Å². The number of carbonyl (C=O) groups excluding carboxylic acids is 1. The molecule has 0 N–H and O–H groups in total. The fourth-order valence-corrected chi connectivity index (χ4v) is 3.44. The van der Waals surface area contributed by atoms with Gasteiger partial charge in [-0.25, -0.2) is 0 Å². The summed E-state index contributed by atoms with van der Waals surface area (Å²) in [6.45, 7) is 6.90. The molecule has 0 saturated heterocycles. The molecule has 0 aliphatic heterocycles. The molecule has 0 saturated carbocycles. The average molecular weight is 368 g/mol. The van der Waals surface area contributed by atoms with Crippen LogP contribution in [0.1, 0.15) is 29.8 Å². The number of ether oxygens (including phenoxy) is 3. The molecule has 0 amide bonds. The van der Waals surface area contributed by atoms with E-state index in [0.29, 0.717) is 29.6 Å². The molecule has 0 bridgehead atoms. The van der Waals surface area contributed by atoms with Crippen molar-refractivity contribution in [1.29, 1.82) is 0 Å². The van der Waals surface area contributed by atoms with E-state index in [4.69, 9.17) is 14.2 Å². The summed E-state index contributed by atoms with van der Waals surface area (Å²) < 4.78 is 16.4. The van der Waals surface area contributed by atoms with Crippen molar-refractivity contribution in [3.05, 3.63) is 47.5 Å². The van der Waals surface area contributed by atoms with Crippen LogP contribution in [0.3, 0.4) is 0 Å². The molecule has 2 aromatic rings. The molecular formula is C20H26LiO4P. The minimum absolute atomic E-state index is 0. The van der Waals surface area contributed by atoms with E-state index < -0.39 is 0 Å². The molecule has 0 aliphatic carbocycles. The maximum absolute atomic E-state index is 12.8. The molecule has 1 atom stereocenters. The third-order valence-electron chi connectivity index (χ3n) is 3.68. The minimum atomic E-state index is -0.00734. The van der Waals surface area contributed by atoms with Crippen molar-refractivity contribution in [2.45, 2.75) is 20.8 Å². The Morgan fingerprint density at radius 1 is 1.08 bits per heavy atom. The predicted octanol–water partition coefficient (Wildman–Crippen LogP) is 3.54. The standard InChI is InChI=1S/C20H25O4P.Li.H/c1-13(2)12-24-15-9-10-18(14(3)11-15)25-20(21)19-16(22-4)7-6-8-17(19)23-5;;/h6-11,13,25H,12H2,1-5H3;;. The van der Waals surface area contributed by atoms with E-state index >= 15 is 0 Å². The Morgan fingerprint density at radius 2 is 1.69 bits per heavy atom. The quantitative estimate of drug-likeness (QED) is 0.528. The molecule has 6 heteroatoms. The average Bonchev–Trinajstić information content (AvgIpc) is 2.60. The molecule has 0 fully saturated rings. The van der Waals surface area contributed by atoms with Crippen molar-refractivity contribution in [1.82, 2.24) is 0 Å². The summed E-state index contributed by atoms with van der Waals surface area (Å²) in [6, 6.07) is 11.2. The summed E-state index contributed by atoms with van der Waals surface area (Å²) in [5.41, 5.74) is 1.53. The zero-order chi connectivity index (χ0) is 18.4. The van der Waals surface area contributed by atoms with E-state index in [9.17, 15) is 4.79 Å². The molecule has 1 unspecified atom stereocenters. The van der Waals surface area contributed by atoms with Gasteiger partial charge in [-0.15, -0.1) is 0 Å². The maximum atomic E-state index is 12.8. The number of carbonyl (C=O) groups is 1. The number of benzene rings is 2. The van der Waals surface area contributed by atoms with Gasteiger partial charge in [-0.2, -0.15) is 0 Å². The topological polar surface area (TPSA) is 44.8 Å². The van der Waals surface area contributed by atoms with E-state index in [1.54, 1.807) is 26.4 Å². The second kappa shape index (κ2) is 10.6. The fraction of sp³-hybridized carbons (Fsp3) is 0.350. The van der Waals surface area contributed by atoms with Crippen LogP contribution in [0.2, 0.25) is 0 Å². The molecule has 0 aliphatic rings. The second-order valence-corrected chi connectivity index (χ2v) is 7.42. The van der Waals surface area contributed by atoms with Crippen molar-refractivity contribution in [3.63, 3.8) is 0 Å². The van der Waals surface area contributed by atoms with Gasteiger partial charge in [-0.05, 0) is 56.6 Å². The predicted molar refractivity (Wildman–Crippen MR) is 110 cm³/mol. The molecule has 2 aromatic carbocycles. The van der Waals surface area contributed by atoms with Gasteiger partial charge in [0.1, 0.15) is 22.8 Å². The monoisotopic (exact) mass is 368 g/mol. The van der Waals surface area contributed by atoms with Gasteiger partial charge in [0.05, 0.1) is 20.8 Å². The van der Waals surface area contributed by atoms with Gasteiger partial charge in [0.2, 0.25) is 0 Å². The van der Waals surface area contributed by atoms with Gasteiger partial charge in [0.15, 0.2) is 5.52 Å². The zero-order valence-electron chi connectivity index (χ0n) is 15.4. The Labute approximate surface area is 169 Å². The molecule has 0 aromatic heterocycles. The molecule has 0 heterocycles. The number of hydrogen-bond acceptors (Lipinski definition) is 4. The van der Waals surface area contributed by atoms with Crippen LogP contribution in [0.15, 0.2) is 36.4 Å². The second-order valence-electron chi connectivity index (χ2n) is 6.17. The Bertz CT molecular complexity index is 724. The molecule has 0 spiro atoms. The third-order valence-corrected chi connectivity index (χ3v) is 4.99. The Hall–Kier alpha value is -1.46. The van der Waals surface area contributed by atoms with Gasteiger partial charge in [-0.1, -0.05) is 26.0 Å². The fourth-order valence-electron chi connectivity index (χ4n) is 2.39. The first-order valence-corrected chi connectivity index (χ1v) is 9.22. The Morgan fingerprint density at radius 3 is 2.19 bits per heavy atom. The molecular weight excluding hydrogens is 342 g/mol. The molecule has 0 radical (unpaired) electrons. The Kier molecular flexibility index (Phi) is 9.23. The number of rotatable bonds is 8. The van der Waals surface area contributed by atoms with Crippen LogP contribution >= 0.6 is 8.58 Å². The first-order chi connectivity index (χ1) is 12.0. The summed E-state index contributed by atoms with van der Waals surface area (Å²) >= 11 is 0. The number of aryl methyl sites for hydroxylation is 1. The van der Waals surface area contributed by atoms with Gasteiger partial charge in [-0.3, -0.25) is 4.79 Å². The van der Waals surface area contributed by atoms with Gasteiger partial charge < -0.3 is 14.2 Å². The number of hydrogen-bond donors (Lipinski definition) is 0. The van der Waals surface area contributed by atoms with Crippen molar-refractivity contribution in [3.8, 4) is 17.2 Å². The van der Waals surface area contributed by atoms with E-state index in [1.165, 1.54) is 0 Å². The van der Waals surface area contributed by atoms with E-state index in [2.05, 4.69) is 13.8 Å². The number of methoxy groups -OCH3 is 2. The van der Waals surface area contributed by atoms with E-state index in [1.807, 2.05) is 31.2 Å². The van der Waals surface area contributed by atoms with Gasteiger partial charge in [0, 0.05) is 0 Å². The summed E-state index contributed by atoms with van der Waals surface area (Å²) in [5.74, 6) is 2.38. The van der Waals surface area contributed by atoms with Crippen LogP contribution < -0.4 is 19.5 Å². The first-order valence-electron chi connectivity index (χ1n) is 8.22. The normalized spacial score (nSPS) is 10.7. The van der Waals surface area contributed by atoms with Gasteiger partial charge in [0.25, 0.3) is 0 Å². The van der Waals surface area contributed by atoms with Crippen LogP contribution in [0.5, 0.6) is 17.2 Å². The molecule has 4 nitrogen and oxygen atoms in total. The van der Waals surface area contributed by atoms with Crippen LogP contribution in [-0.4, -0.2) is 45.2 Å². The summed E-state index contributed by atoms with van der Waals surface area (Å²) in [5, 5.41) is 0.995. The third kappa shape index (κ3) is 5.78. The zero-order valence-corrected chi connectivity index (χ0v) is 16.4. The molecule has 2 rings (SSSR count).